The first-order valence-electron chi connectivity index (χ1n) is 6.17. The van der Waals surface area contributed by atoms with Crippen LogP contribution in [0.4, 0.5) is 5.69 Å². The molecule has 0 atom stereocenters. The number of hydrogen-bond donors (Lipinski definition) is 1. The van der Waals surface area contributed by atoms with E-state index in [0.717, 1.165) is 13.0 Å². The van der Waals surface area contributed by atoms with Gasteiger partial charge in [-0.1, -0.05) is 42.5 Å². The molecule has 0 aliphatic carbocycles. The maximum absolute atomic E-state index is 3.44. The molecule has 0 aliphatic heterocycles. The predicted octanol–water partition coefficient (Wildman–Crippen LogP) is 4.02. The summed E-state index contributed by atoms with van der Waals surface area (Å²) in [5.41, 5.74) is 5.38. The van der Waals surface area contributed by atoms with Crippen LogP contribution in [-0.4, -0.2) is 6.54 Å². The summed E-state index contributed by atoms with van der Waals surface area (Å²) in [5.74, 6) is 0. The molecule has 0 aromatic heterocycles. The van der Waals surface area contributed by atoms with E-state index in [4.69, 9.17) is 0 Å². The van der Waals surface area contributed by atoms with Gasteiger partial charge in [0.2, 0.25) is 0 Å². The molecule has 1 nitrogen and oxygen atoms in total. The third-order valence-electron chi connectivity index (χ3n) is 3.00. The molecule has 0 aliphatic rings. The Bertz CT molecular complexity index is 474. The summed E-state index contributed by atoms with van der Waals surface area (Å²) in [6, 6.07) is 17.1. The predicted molar refractivity (Wildman–Crippen MR) is 74.6 cm³/mol. The van der Waals surface area contributed by atoms with Gasteiger partial charge in [0, 0.05) is 12.2 Å². The van der Waals surface area contributed by atoms with Gasteiger partial charge in [-0.25, -0.2) is 0 Å². The highest BCUT2D eigenvalue weighted by atomic mass is 14.9. The van der Waals surface area contributed by atoms with Crippen molar-refractivity contribution in [3.8, 4) is 0 Å². The van der Waals surface area contributed by atoms with Gasteiger partial charge in [0.05, 0.1) is 0 Å². The number of anilines is 1. The summed E-state index contributed by atoms with van der Waals surface area (Å²) in [5, 5.41) is 3.44. The first kappa shape index (κ1) is 11.7. The summed E-state index contributed by atoms with van der Waals surface area (Å²) < 4.78 is 0. The van der Waals surface area contributed by atoms with Gasteiger partial charge in [0.1, 0.15) is 0 Å². The van der Waals surface area contributed by atoms with Crippen LogP contribution in [0.15, 0.2) is 48.5 Å². The Morgan fingerprint density at radius 1 is 0.941 bits per heavy atom. The molecule has 0 heterocycles. The van der Waals surface area contributed by atoms with E-state index in [1.807, 2.05) is 0 Å². The number of benzene rings is 2. The Hall–Kier alpha value is -1.76. The van der Waals surface area contributed by atoms with E-state index >= 15 is 0 Å². The molecule has 0 amide bonds. The normalized spacial score (nSPS) is 10.2. The van der Waals surface area contributed by atoms with Crippen molar-refractivity contribution < 1.29 is 0 Å². The summed E-state index contributed by atoms with van der Waals surface area (Å²) >= 11 is 0. The minimum atomic E-state index is 0.964. The van der Waals surface area contributed by atoms with Crippen LogP contribution in [0.2, 0.25) is 0 Å². The van der Waals surface area contributed by atoms with Crippen LogP contribution in [0.3, 0.4) is 0 Å². The van der Waals surface area contributed by atoms with E-state index in [2.05, 4.69) is 67.7 Å². The van der Waals surface area contributed by atoms with Crippen molar-refractivity contribution in [1.29, 1.82) is 0 Å². The number of aryl methyl sites for hydroxylation is 1. The molecule has 0 radical (unpaired) electrons. The van der Waals surface area contributed by atoms with Gasteiger partial charge in [-0.05, 0) is 43.0 Å². The topological polar surface area (TPSA) is 12.0 Å². The molecule has 0 fully saturated rings. The lowest BCUT2D eigenvalue weighted by Crippen LogP contribution is -2.03. The monoisotopic (exact) mass is 225 g/mol. The highest BCUT2D eigenvalue weighted by Crippen LogP contribution is 2.22. The molecule has 1 N–H and O–H groups in total. The lowest BCUT2D eigenvalue weighted by molar-refractivity contribution is 1.12. The van der Waals surface area contributed by atoms with Crippen molar-refractivity contribution in [2.45, 2.75) is 20.3 Å². The van der Waals surface area contributed by atoms with E-state index in [0.29, 0.717) is 0 Å². The van der Waals surface area contributed by atoms with Crippen LogP contribution >= 0.6 is 0 Å². The van der Waals surface area contributed by atoms with Crippen LogP contribution in [0.5, 0.6) is 0 Å². The third-order valence-corrected chi connectivity index (χ3v) is 3.00. The Morgan fingerprint density at radius 3 is 2.41 bits per heavy atom. The minimum Gasteiger partial charge on any atom is -0.385 e. The molecule has 0 saturated carbocycles. The van der Waals surface area contributed by atoms with E-state index in [9.17, 15) is 0 Å². The maximum Gasteiger partial charge on any atom is 0.0378 e. The number of hydrogen-bond acceptors (Lipinski definition) is 1. The Labute approximate surface area is 103 Å². The Kier molecular flexibility index (Phi) is 3.81. The third kappa shape index (κ3) is 2.88. The van der Waals surface area contributed by atoms with E-state index in [1.165, 1.54) is 22.4 Å². The molecule has 88 valence electrons. The van der Waals surface area contributed by atoms with Gasteiger partial charge in [-0.2, -0.15) is 0 Å². The molecule has 2 aromatic rings. The second kappa shape index (κ2) is 5.53. The zero-order valence-corrected chi connectivity index (χ0v) is 10.5. The van der Waals surface area contributed by atoms with Gasteiger partial charge in [-0.3, -0.25) is 0 Å². The van der Waals surface area contributed by atoms with Gasteiger partial charge in [0.15, 0.2) is 0 Å². The van der Waals surface area contributed by atoms with E-state index < -0.39 is 0 Å². The summed E-state index contributed by atoms with van der Waals surface area (Å²) in [6.07, 6.45) is 0.996. The quantitative estimate of drug-likeness (QED) is 0.828. The average molecular weight is 225 g/mol. The second-order valence-electron chi connectivity index (χ2n) is 4.29. The van der Waals surface area contributed by atoms with Crippen molar-refractivity contribution in [3.63, 3.8) is 0 Å². The molecule has 0 spiro atoms. The zero-order chi connectivity index (χ0) is 12.1. The first-order chi connectivity index (χ1) is 8.31. The summed E-state index contributed by atoms with van der Waals surface area (Å²) in [4.78, 5) is 0. The molecule has 0 bridgehead atoms. The molecule has 17 heavy (non-hydrogen) atoms. The second-order valence-corrected chi connectivity index (χ2v) is 4.29. The lowest BCUT2D eigenvalue weighted by atomic mass is 9.98. The number of nitrogens with one attached hydrogen (secondary N) is 1. The first-order valence-corrected chi connectivity index (χ1v) is 6.17. The van der Waals surface area contributed by atoms with Crippen LogP contribution in [0, 0.1) is 6.92 Å². The van der Waals surface area contributed by atoms with Crippen LogP contribution in [0.25, 0.3) is 0 Å². The molecule has 0 unspecified atom stereocenters. The SMILES string of the molecule is CCNc1cccc(C)c1Cc1ccccc1. The summed E-state index contributed by atoms with van der Waals surface area (Å²) in [7, 11) is 0. The van der Waals surface area contributed by atoms with Crippen LogP contribution in [-0.2, 0) is 6.42 Å². The fourth-order valence-electron chi connectivity index (χ4n) is 2.09. The minimum absolute atomic E-state index is 0.964. The molecule has 1 heteroatoms. The highest BCUT2D eigenvalue weighted by Gasteiger charge is 2.05. The molecule has 2 rings (SSSR count). The average Bonchev–Trinajstić information content (AvgIpc) is 2.35. The molecular weight excluding hydrogens is 206 g/mol. The van der Waals surface area contributed by atoms with Gasteiger partial charge >= 0.3 is 0 Å². The van der Waals surface area contributed by atoms with Crippen molar-refractivity contribution in [2.24, 2.45) is 0 Å². The van der Waals surface area contributed by atoms with Crippen molar-refractivity contribution >= 4 is 5.69 Å². The van der Waals surface area contributed by atoms with Crippen LogP contribution in [0.1, 0.15) is 23.6 Å². The highest BCUT2D eigenvalue weighted by molar-refractivity contribution is 5.56. The lowest BCUT2D eigenvalue weighted by Gasteiger charge is -2.13. The standard InChI is InChI=1S/C16H19N/c1-3-17-16-11-7-8-13(2)15(16)12-14-9-5-4-6-10-14/h4-11,17H,3,12H2,1-2H3. The smallest absolute Gasteiger partial charge is 0.0378 e. The van der Waals surface area contributed by atoms with Crippen molar-refractivity contribution in [2.75, 3.05) is 11.9 Å². The van der Waals surface area contributed by atoms with E-state index in [1.54, 1.807) is 0 Å². The zero-order valence-electron chi connectivity index (χ0n) is 10.5. The largest absolute Gasteiger partial charge is 0.385 e. The maximum atomic E-state index is 3.44. The fraction of sp³-hybridized carbons (Fsp3) is 0.250. The van der Waals surface area contributed by atoms with Crippen molar-refractivity contribution in [3.05, 3.63) is 65.2 Å². The van der Waals surface area contributed by atoms with E-state index in [-0.39, 0.29) is 0 Å². The summed E-state index contributed by atoms with van der Waals surface area (Å²) in [6.45, 7) is 5.28. The van der Waals surface area contributed by atoms with Gasteiger partial charge in [-0.15, -0.1) is 0 Å². The fourth-order valence-corrected chi connectivity index (χ4v) is 2.09. The Morgan fingerprint density at radius 2 is 1.71 bits per heavy atom. The molecule has 0 saturated heterocycles. The molecular formula is C16H19N. The van der Waals surface area contributed by atoms with Gasteiger partial charge < -0.3 is 5.32 Å². The van der Waals surface area contributed by atoms with Crippen LogP contribution < -0.4 is 5.32 Å². The Balaban J connectivity index is 2.31. The number of rotatable bonds is 4. The van der Waals surface area contributed by atoms with Gasteiger partial charge in [0.25, 0.3) is 0 Å². The molecule has 2 aromatic carbocycles. The van der Waals surface area contributed by atoms with Crippen molar-refractivity contribution in [1.82, 2.24) is 0 Å².